The quantitative estimate of drug-likeness (QED) is 0.755. The van der Waals surface area contributed by atoms with E-state index in [1.54, 1.807) is 0 Å². The van der Waals surface area contributed by atoms with Crippen molar-refractivity contribution < 1.29 is 9.53 Å². The molecule has 2 aliphatic heterocycles. The first-order valence-corrected chi connectivity index (χ1v) is 10.6. The first-order valence-electron chi connectivity index (χ1n) is 10.6. The first kappa shape index (κ1) is 20.2. The van der Waals surface area contributed by atoms with Crippen LogP contribution in [0.5, 0.6) is 0 Å². The average Bonchev–Trinajstić information content (AvgIpc) is 2.70. The maximum absolute atomic E-state index is 11.7. The Balaban J connectivity index is 1.44. The molecule has 0 radical (unpaired) electrons. The van der Waals surface area contributed by atoms with Crippen LogP contribution in [0.3, 0.4) is 0 Å². The average molecular weight is 374 g/mol. The second kappa shape index (κ2) is 10.1. The smallest absolute Gasteiger partial charge is 0.411 e. The number of carbonyl (C=O) groups is 1. The van der Waals surface area contributed by atoms with E-state index in [1.807, 2.05) is 12.1 Å². The van der Waals surface area contributed by atoms with Gasteiger partial charge in [-0.05, 0) is 88.9 Å². The monoisotopic (exact) mass is 373 g/mol. The van der Waals surface area contributed by atoms with Crippen LogP contribution in [0, 0.1) is 0 Å². The number of nitrogens with one attached hydrogen (secondary N) is 1. The molecule has 27 heavy (non-hydrogen) atoms. The maximum atomic E-state index is 11.7. The molecule has 150 valence electrons. The summed E-state index contributed by atoms with van der Waals surface area (Å²) < 4.78 is 5.15. The Kier molecular flexibility index (Phi) is 7.53. The fourth-order valence-electron chi connectivity index (χ4n) is 4.26. The van der Waals surface area contributed by atoms with Crippen molar-refractivity contribution in [3.8, 4) is 0 Å². The molecule has 2 saturated heterocycles. The van der Waals surface area contributed by atoms with Gasteiger partial charge >= 0.3 is 6.09 Å². The van der Waals surface area contributed by atoms with Gasteiger partial charge in [-0.2, -0.15) is 0 Å². The number of amides is 1. The van der Waals surface area contributed by atoms with Gasteiger partial charge in [0.15, 0.2) is 0 Å². The maximum Gasteiger partial charge on any atom is 0.411 e. The zero-order valence-corrected chi connectivity index (χ0v) is 17.0. The van der Waals surface area contributed by atoms with Gasteiger partial charge in [-0.25, -0.2) is 4.79 Å². The third-order valence-corrected chi connectivity index (χ3v) is 6.09. The van der Waals surface area contributed by atoms with E-state index >= 15 is 0 Å². The standard InChI is InChI=1S/C22H35N3O2/c1-3-4-17-27-22(26)23-20-7-5-18(6-8-20)19-9-15-25(16-10-19)21-11-13-24(2)14-12-21/h5-8,19,21H,3-4,9-17H2,1-2H3,(H,23,26). The molecule has 1 N–H and O–H groups in total. The van der Waals surface area contributed by atoms with Gasteiger partial charge in [0.2, 0.25) is 0 Å². The Labute approximate surface area is 164 Å². The fourth-order valence-corrected chi connectivity index (χ4v) is 4.26. The van der Waals surface area contributed by atoms with Crippen molar-refractivity contribution >= 4 is 11.8 Å². The van der Waals surface area contributed by atoms with Crippen LogP contribution in [0.1, 0.15) is 56.9 Å². The van der Waals surface area contributed by atoms with Crippen LogP contribution in [0.25, 0.3) is 0 Å². The van der Waals surface area contributed by atoms with Crippen LogP contribution in [0.15, 0.2) is 24.3 Å². The van der Waals surface area contributed by atoms with E-state index in [-0.39, 0.29) is 6.09 Å². The van der Waals surface area contributed by atoms with Gasteiger partial charge in [0.1, 0.15) is 0 Å². The Hall–Kier alpha value is -1.59. The predicted molar refractivity (Wildman–Crippen MR) is 110 cm³/mol. The van der Waals surface area contributed by atoms with Crippen molar-refractivity contribution in [2.45, 2.75) is 57.4 Å². The summed E-state index contributed by atoms with van der Waals surface area (Å²) in [6, 6.07) is 9.11. The third-order valence-electron chi connectivity index (χ3n) is 6.09. The molecule has 0 atom stereocenters. The normalized spacial score (nSPS) is 20.5. The summed E-state index contributed by atoms with van der Waals surface area (Å²) in [5.41, 5.74) is 2.20. The highest BCUT2D eigenvalue weighted by atomic mass is 16.5. The molecular weight excluding hydrogens is 338 g/mol. The lowest BCUT2D eigenvalue weighted by molar-refractivity contribution is 0.0966. The third kappa shape index (κ3) is 5.94. The lowest BCUT2D eigenvalue weighted by Gasteiger charge is -2.41. The first-order chi connectivity index (χ1) is 13.2. The molecule has 1 amide bonds. The molecule has 2 heterocycles. The van der Waals surface area contributed by atoms with Gasteiger partial charge in [-0.1, -0.05) is 25.5 Å². The van der Waals surface area contributed by atoms with Gasteiger partial charge < -0.3 is 14.5 Å². The van der Waals surface area contributed by atoms with Crippen LogP contribution in [0.2, 0.25) is 0 Å². The molecule has 1 aromatic rings. The van der Waals surface area contributed by atoms with Gasteiger partial charge in [-0.15, -0.1) is 0 Å². The van der Waals surface area contributed by atoms with E-state index in [0.717, 1.165) is 24.6 Å². The molecule has 0 unspecified atom stereocenters. The summed E-state index contributed by atoms with van der Waals surface area (Å²) in [5, 5.41) is 2.81. The number of rotatable bonds is 6. The SMILES string of the molecule is CCCCOC(=O)Nc1ccc(C2CCN(C3CCN(C)CC3)CC2)cc1. The second-order valence-electron chi connectivity index (χ2n) is 8.08. The van der Waals surface area contributed by atoms with Gasteiger partial charge in [-0.3, -0.25) is 5.32 Å². The summed E-state index contributed by atoms with van der Waals surface area (Å²) in [4.78, 5) is 16.9. The van der Waals surface area contributed by atoms with E-state index in [9.17, 15) is 4.79 Å². The van der Waals surface area contributed by atoms with Crippen LogP contribution >= 0.6 is 0 Å². The van der Waals surface area contributed by atoms with Crippen LogP contribution in [0.4, 0.5) is 10.5 Å². The van der Waals surface area contributed by atoms with Crippen molar-refractivity contribution in [3.05, 3.63) is 29.8 Å². The largest absolute Gasteiger partial charge is 0.449 e. The van der Waals surface area contributed by atoms with Crippen molar-refractivity contribution in [3.63, 3.8) is 0 Å². The van der Waals surface area contributed by atoms with Crippen LogP contribution in [-0.4, -0.2) is 61.8 Å². The molecule has 0 bridgehead atoms. The topological polar surface area (TPSA) is 44.8 Å². The minimum atomic E-state index is -0.359. The number of unbranched alkanes of at least 4 members (excludes halogenated alkanes) is 1. The molecule has 1 aromatic carbocycles. The number of carbonyl (C=O) groups excluding carboxylic acids is 1. The molecule has 0 spiro atoms. The predicted octanol–water partition coefficient (Wildman–Crippen LogP) is 4.31. The Morgan fingerprint density at radius 3 is 2.37 bits per heavy atom. The molecule has 5 nitrogen and oxygen atoms in total. The molecule has 2 aliphatic rings. The lowest BCUT2D eigenvalue weighted by Crippen LogP contribution is -2.46. The second-order valence-corrected chi connectivity index (χ2v) is 8.08. The number of hydrogen-bond donors (Lipinski definition) is 1. The number of hydrogen-bond acceptors (Lipinski definition) is 4. The van der Waals surface area contributed by atoms with Gasteiger partial charge in [0.25, 0.3) is 0 Å². The summed E-state index contributed by atoms with van der Waals surface area (Å²) in [5.74, 6) is 0.637. The summed E-state index contributed by atoms with van der Waals surface area (Å²) in [6.45, 7) is 7.46. The van der Waals surface area contributed by atoms with E-state index in [4.69, 9.17) is 4.74 Å². The van der Waals surface area contributed by atoms with Crippen LogP contribution < -0.4 is 5.32 Å². The van der Waals surface area contributed by atoms with Crippen molar-refractivity contribution in [1.29, 1.82) is 0 Å². The van der Waals surface area contributed by atoms with E-state index < -0.39 is 0 Å². The Morgan fingerprint density at radius 2 is 1.74 bits per heavy atom. The van der Waals surface area contributed by atoms with Gasteiger partial charge in [0.05, 0.1) is 6.61 Å². The van der Waals surface area contributed by atoms with E-state index in [0.29, 0.717) is 12.5 Å². The molecule has 0 aromatic heterocycles. The van der Waals surface area contributed by atoms with Crippen molar-refractivity contribution in [2.24, 2.45) is 0 Å². The molecule has 0 aliphatic carbocycles. The van der Waals surface area contributed by atoms with E-state index in [2.05, 4.69) is 41.2 Å². The number of piperidine rings is 2. The molecule has 0 saturated carbocycles. The zero-order valence-electron chi connectivity index (χ0n) is 17.0. The highest BCUT2D eigenvalue weighted by Crippen LogP contribution is 2.31. The summed E-state index contributed by atoms with van der Waals surface area (Å²) in [6.07, 6.45) is 6.67. The zero-order chi connectivity index (χ0) is 19.1. The Morgan fingerprint density at radius 1 is 1.07 bits per heavy atom. The molecular formula is C22H35N3O2. The lowest BCUT2D eigenvalue weighted by atomic mass is 9.88. The van der Waals surface area contributed by atoms with E-state index in [1.165, 1.54) is 57.4 Å². The summed E-state index contributed by atoms with van der Waals surface area (Å²) >= 11 is 0. The van der Waals surface area contributed by atoms with Crippen LogP contribution in [-0.2, 0) is 4.74 Å². The highest BCUT2D eigenvalue weighted by Gasteiger charge is 2.27. The van der Waals surface area contributed by atoms with Crippen molar-refractivity contribution in [1.82, 2.24) is 9.80 Å². The number of likely N-dealkylation sites (tertiary alicyclic amines) is 2. The molecule has 5 heteroatoms. The number of nitrogens with zero attached hydrogens (tertiary/aromatic N) is 2. The van der Waals surface area contributed by atoms with Gasteiger partial charge in [0, 0.05) is 11.7 Å². The molecule has 2 fully saturated rings. The van der Waals surface area contributed by atoms with Crippen molar-refractivity contribution in [2.75, 3.05) is 45.2 Å². The minimum Gasteiger partial charge on any atom is -0.449 e. The number of anilines is 1. The minimum absolute atomic E-state index is 0.359. The fraction of sp³-hybridized carbons (Fsp3) is 0.682. The molecule has 3 rings (SSSR count). The number of benzene rings is 1. The number of ether oxygens (including phenoxy) is 1. The summed E-state index contributed by atoms with van der Waals surface area (Å²) in [7, 11) is 2.23. The Bertz CT molecular complexity index is 574. The highest BCUT2D eigenvalue weighted by molar-refractivity contribution is 5.84.